The zero-order valence-electron chi connectivity index (χ0n) is 13.0. The van der Waals surface area contributed by atoms with E-state index in [2.05, 4.69) is 19.2 Å². The van der Waals surface area contributed by atoms with Crippen LogP contribution in [0.1, 0.15) is 31.4 Å². The second-order valence-corrected chi connectivity index (χ2v) is 5.86. The number of ether oxygens (including phenoxy) is 1. The smallest absolute Gasteiger partial charge is 0.408 e. The summed E-state index contributed by atoms with van der Waals surface area (Å²) in [4.78, 5) is 12.1. The van der Waals surface area contributed by atoms with Gasteiger partial charge in [0.05, 0.1) is 6.04 Å². The lowest BCUT2D eigenvalue weighted by Gasteiger charge is -2.36. The van der Waals surface area contributed by atoms with Crippen molar-refractivity contribution >= 4 is 6.09 Å². The number of benzene rings is 2. The minimum atomic E-state index is -0.769. The van der Waals surface area contributed by atoms with Gasteiger partial charge < -0.3 is 10.1 Å². The van der Waals surface area contributed by atoms with Gasteiger partial charge in [0, 0.05) is 11.1 Å². The van der Waals surface area contributed by atoms with E-state index in [0.29, 0.717) is 5.92 Å². The molecule has 1 amide bonds. The standard InChI is InChI=1S/C19H21NO2/c1-3-14(2)17-19(22-18(21)20-17,15-10-6-4-7-11-15)16-12-8-5-9-13-16/h4-14,17H,3H2,1-2H3,(H,20,21). The summed E-state index contributed by atoms with van der Waals surface area (Å²) < 4.78 is 5.91. The molecule has 1 aliphatic rings. The van der Waals surface area contributed by atoms with Crippen LogP contribution >= 0.6 is 0 Å². The summed E-state index contributed by atoms with van der Waals surface area (Å²) in [6, 6.07) is 19.9. The van der Waals surface area contributed by atoms with Crippen LogP contribution in [0.3, 0.4) is 0 Å². The van der Waals surface area contributed by atoms with Crippen molar-refractivity contribution in [2.24, 2.45) is 5.92 Å². The van der Waals surface area contributed by atoms with Gasteiger partial charge in [0.1, 0.15) is 0 Å². The molecule has 0 aromatic heterocycles. The van der Waals surface area contributed by atoms with Crippen molar-refractivity contribution in [3.8, 4) is 0 Å². The highest BCUT2D eigenvalue weighted by molar-refractivity contribution is 5.73. The third-order valence-corrected chi connectivity index (χ3v) is 4.58. The first-order chi connectivity index (χ1) is 10.7. The van der Waals surface area contributed by atoms with Crippen molar-refractivity contribution < 1.29 is 9.53 Å². The van der Waals surface area contributed by atoms with Crippen LogP contribution in [-0.4, -0.2) is 12.1 Å². The van der Waals surface area contributed by atoms with E-state index in [1.165, 1.54) is 0 Å². The molecule has 3 nitrogen and oxygen atoms in total. The lowest BCUT2D eigenvalue weighted by atomic mass is 9.75. The fraction of sp³-hybridized carbons (Fsp3) is 0.316. The predicted octanol–water partition coefficient (Wildman–Crippen LogP) is 4.08. The molecule has 0 spiro atoms. The molecule has 2 aromatic rings. The summed E-state index contributed by atoms with van der Waals surface area (Å²) in [6.07, 6.45) is 0.619. The summed E-state index contributed by atoms with van der Waals surface area (Å²) >= 11 is 0. The summed E-state index contributed by atoms with van der Waals surface area (Å²) in [5.41, 5.74) is 1.24. The van der Waals surface area contributed by atoms with Gasteiger partial charge in [0.2, 0.25) is 0 Å². The first kappa shape index (κ1) is 14.6. The predicted molar refractivity (Wildman–Crippen MR) is 86.5 cm³/mol. The van der Waals surface area contributed by atoms with E-state index in [9.17, 15) is 4.79 Å². The Morgan fingerprint density at radius 1 is 1.05 bits per heavy atom. The molecular formula is C19H21NO2. The highest BCUT2D eigenvalue weighted by Gasteiger charge is 2.53. The van der Waals surface area contributed by atoms with Crippen molar-refractivity contribution in [1.82, 2.24) is 5.32 Å². The SMILES string of the molecule is CCC(C)C1NC(=O)OC1(c1ccccc1)c1ccccc1. The molecule has 2 aromatic carbocycles. The molecule has 1 aliphatic heterocycles. The molecule has 2 atom stereocenters. The molecule has 1 heterocycles. The number of hydrogen-bond acceptors (Lipinski definition) is 2. The molecule has 1 fully saturated rings. The van der Waals surface area contributed by atoms with E-state index in [1.54, 1.807) is 0 Å². The van der Waals surface area contributed by atoms with Crippen LogP contribution in [-0.2, 0) is 10.3 Å². The van der Waals surface area contributed by atoms with Crippen molar-refractivity contribution in [1.29, 1.82) is 0 Å². The summed E-state index contributed by atoms with van der Waals surface area (Å²) in [5, 5.41) is 3.03. The van der Waals surface area contributed by atoms with Gasteiger partial charge in [-0.15, -0.1) is 0 Å². The maximum absolute atomic E-state index is 12.1. The highest BCUT2D eigenvalue weighted by Crippen LogP contribution is 2.43. The Hall–Kier alpha value is -2.29. The number of nitrogens with one attached hydrogen (secondary N) is 1. The monoisotopic (exact) mass is 295 g/mol. The first-order valence-corrected chi connectivity index (χ1v) is 7.79. The Morgan fingerprint density at radius 2 is 1.55 bits per heavy atom. The Kier molecular flexibility index (Phi) is 3.88. The molecular weight excluding hydrogens is 274 g/mol. The topological polar surface area (TPSA) is 38.3 Å². The molecule has 3 rings (SSSR count). The lowest BCUT2D eigenvalue weighted by molar-refractivity contribution is 0.0559. The summed E-state index contributed by atoms with van der Waals surface area (Å²) in [5.74, 6) is 0.298. The molecule has 1 saturated heterocycles. The molecule has 0 aliphatic carbocycles. The van der Waals surface area contributed by atoms with Crippen LogP contribution in [0.2, 0.25) is 0 Å². The largest absolute Gasteiger partial charge is 0.431 e. The number of alkyl carbamates (subject to hydrolysis) is 1. The van der Waals surface area contributed by atoms with Crippen LogP contribution in [0.5, 0.6) is 0 Å². The lowest BCUT2D eigenvalue weighted by Crippen LogP contribution is -2.46. The minimum Gasteiger partial charge on any atom is -0.431 e. The second-order valence-electron chi connectivity index (χ2n) is 5.86. The molecule has 3 heteroatoms. The van der Waals surface area contributed by atoms with E-state index in [-0.39, 0.29) is 12.1 Å². The van der Waals surface area contributed by atoms with Crippen LogP contribution in [0.25, 0.3) is 0 Å². The molecule has 22 heavy (non-hydrogen) atoms. The maximum Gasteiger partial charge on any atom is 0.408 e. The fourth-order valence-electron chi connectivity index (χ4n) is 3.26. The van der Waals surface area contributed by atoms with Crippen molar-refractivity contribution in [2.75, 3.05) is 0 Å². The van der Waals surface area contributed by atoms with E-state index in [4.69, 9.17) is 4.74 Å². The number of rotatable bonds is 4. The molecule has 1 N–H and O–H groups in total. The van der Waals surface area contributed by atoms with Gasteiger partial charge in [0.25, 0.3) is 0 Å². The van der Waals surface area contributed by atoms with Gasteiger partial charge in [-0.25, -0.2) is 4.79 Å². The normalized spacial score (nSPS) is 21.0. The quantitative estimate of drug-likeness (QED) is 0.922. The molecule has 0 radical (unpaired) electrons. The fourth-order valence-corrected chi connectivity index (χ4v) is 3.26. The van der Waals surface area contributed by atoms with Gasteiger partial charge >= 0.3 is 6.09 Å². The van der Waals surface area contributed by atoms with Gasteiger partial charge in [-0.05, 0) is 5.92 Å². The zero-order chi connectivity index (χ0) is 15.6. The molecule has 114 valence electrons. The maximum atomic E-state index is 12.1. The number of amides is 1. The van der Waals surface area contributed by atoms with Gasteiger partial charge in [0.15, 0.2) is 5.60 Å². The number of carbonyl (C=O) groups is 1. The zero-order valence-corrected chi connectivity index (χ0v) is 13.0. The van der Waals surface area contributed by atoms with E-state index >= 15 is 0 Å². The summed E-state index contributed by atoms with van der Waals surface area (Å²) in [6.45, 7) is 4.29. The molecule has 2 unspecified atom stereocenters. The number of hydrogen-bond donors (Lipinski definition) is 1. The molecule has 0 bridgehead atoms. The third-order valence-electron chi connectivity index (χ3n) is 4.58. The van der Waals surface area contributed by atoms with Crippen LogP contribution < -0.4 is 5.32 Å². The Labute approximate surface area is 131 Å². The average molecular weight is 295 g/mol. The van der Waals surface area contributed by atoms with E-state index in [0.717, 1.165) is 17.5 Å². The van der Waals surface area contributed by atoms with E-state index in [1.807, 2.05) is 60.7 Å². The van der Waals surface area contributed by atoms with Crippen molar-refractivity contribution in [3.05, 3.63) is 71.8 Å². The second kappa shape index (κ2) is 5.84. The van der Waals surface area contributed by atoms with Crippen LogP contribution in [0, 0.1) is 5.92 Å². The molecule has 0 saturated carbocycles. The van der Waals surface area contributed by atoms with Crippen LogP contribution in [0.4, 0.5) is 4.79 Å². The van der Waals surface area contributed by atoms with Crippen LogP contribution in [0.15, 0.2) is 60.7 Å². The number of carbonyl (C=O) groups excluding carboxylic acids is 1. The van der Waals surface area contributed by atoms with Gasteiger partial charge in [-0.3, -0.25) is 0 Å². The highest BCUT2D eigenvalue weighted by atomic mass is 16.6. The third kappa shape index (κ3) is 2.27. The average Bonchev–Trinajstić information content (AvgIpc) is 2.94. The van der Waals surface area contributed by atoms with Crippen molar-refractivity contribution in [2.45, 2.75) is 31.9 Å². The Balaban J connectivity index is 2.21. The number of cyclic esters (lactones) is 1. The van der Waals surface area contributed by atoms with E-state index < -0.39 is 5.60 Å². The summed E-state index contributed by atoms with van der Waals surface area (Å²) in [7, 11) is 0. The van der Waals surface area contributed by atoms with Crippen molar-refractivity contribution in [3.63, 3.8) is 0 Å². The van der Waals surface area contributed by atoms with Gasteiger partial charge in [-0.1, -0.05) is 80.9 Å². The Bertz CT molecular complexity index is 599. The first-order valence-electron chi connectivity index (χ1n) is 7.79. The Morgan fingerprint density at radius 3 is 2.00 bits per heavy atom. The van der Waals surface area contributed by atoms with Gasteiger partial charge in [-0.2, -0.15) is 0 Å². The minimum absolute atomic E-state index is 0.0881.